The third-order valence-corrected chi connectivity index (χ3v) is 4.94. The average molecular weight is 527 g/mol. The number of esters is 3. The third-order valence-electron chi connectivity index (χ3n) is 4.94. The molecule has 0 unspecified atom stereocenters. The van der Waals surface area contributed by atoms with Gasteiger partial charge in [-0.15, -0.1) is 0 Å². The van der Waals surface area contributed by atoms with Crippen LogP contribution in [0.3, 0.4) is 0 Å². The second-order valence-electron chi connectivity index (χ2n) is 8.89. The largest absolute Gasteiger partial charge is 0.462 e. The standard InChI is InChI=1S/C28H34N2O8/c1-4-16-36-27(34)20-8-12-22(13-9-20)29-24(31)6-5-7-26(33)37-18-25(32)30-23-14-10-21(11-15-23)28(35)38-17-19(2)3/h8-15,19H,4-7,16-18H2,1-3H3,(H,29,31)(H,30,32). The molecule has 38 heavy (non-hydrogen) atoms. The molecule has 0 aliphatic rings. The summed E-state index contributed by atoms with van der Waals surface area (Å²) in [6.45, 7) is 5.97. The van der Waals surface area contributed by atoms with Gasteiger partial charge in [0.25, 0.3) is 5.91 Å². The highest BCUT2D eigenvalue weighted by molar-refractivity contribution is 5.95. The Morgan fingerprint density at radius 2 is 1.24 bits per heavy atom. The van der Waals surface area contributed by atoms with Crippen LogP contribution in [0.4, 0.5) is 11.4 Å². The van der Waals surface area contributed by atoms with E-state index in [1.807, 2.05) is 20.8 Å². The maximum absolute atomic E-state index is 12.1. The predicted molar refractivity (Wildman–Crippen MR) is 141 cm³/mol. The summed E-state index contributed by atoms with van der Waals surface area (Å²) in [4.78, 5) is 59.8. The Balaban J connectivity index is 1.64. The Morgan fingerprint density at radius 3 is 1.76 bits per heavy atom. The van der Waals surface area contributed by atoms with Crippen molar-refractivity contribution in [3.8, 4) is 0 Å². The maximum Gasteiger partial charge on any atom is 0.338 e. The number of nitrogens with one attached hydrogen (secondary N) is 2. The van der Waals surface area contributed by atoms with E-state index in [4.69, 9.17) is 14.2 Å². The van der Waals surface area contributed by atoms with E-state index >= 15 is 0 Å². The predicted octanol–water partition coefficient (Wildman–Crippen LogP) is 4.36. The fourth-order valence-electron chi connectivity index (χ4n) is 3.02. The summed E-state index contributed by atoms with van der Waals surface area (Å²) in [7, 11) is 0. The van der Waals surface area contributed by atoms with Gasteiger partial charge in [-0.2, -0.15) is 0 Å². The lowest BCUT2D eigenvalue weighted by molar-refractivity contribution is -0.147. The van der Waals surface area contributed by atoms with Crippen molar-refractivity contribution in [3.05, 3.63) is 59.7 Å². The van der Waals surface area contributed by atoms with Crippen molar-refractivity contribution < 1.29 is 38.2 Å². The number of carbonyl (C=O) groups excluding carboxylic acids is 5. The van der Waals surface area contributed by atoms with Gasteiger partial charge in [-0.25, -0.2) is 9.59 Å². The normalized spacial score (nSPS) is 10.4. The Hall–Kier alpha value is -4.21. The molecule has 0 aromatic heterocycles. The molecule has 0 radical (unpaired) electrons. The summed E-state index contributed by atoms with van der Waals surface area (Å²) < 4.78 is 15.2. The fourth-order valence-corrected chi connectivity index (χ4v) is 3.02. The van der Waals surface area contributed by atoms with Gasteiger partial charge in [0.1, 0.15) is 0 Å². The van der Waals surface area contributed by atoms with E-state index in [-0.39, 0.29) is 31.1 Å². The second-order valence-corrected chi connectivity index (χ2v) is 8.89. The molecule has 0 heterocycles. The van der Waals surface area contributed by atoms with Crippen LogP contribution in [-0.2, 0) is 28.6 Å². The van der Waals surface area contributed by atoms with E-state index in [1.54, 1.807) is 36.4 Å². The molecule has 0 fully saturated rings. The first-order chi connectivity index (χ1) is 18.2. The van der Waals surface area contributed by atoms with Crippen molar-refractivity contribution in [1.29, 1.82) is 0 Å². The van der Waals surface area contributed by atoms with Crippen LogP contribution in [0.15, 0.2) is 48.5 Å². The Bertz CT molecular complexity index is 1090. The van der Waals surface area contributed by atoms with Crippen LogP contribution < -0.4 is 10.6 Å². The molecular formula is C28H34N2O8. The zero-order valence-corrected chi connectivity index (χ0v) is 21.9. The Labute approximate surface area is 222 Å². The molecule has 10 nitrogen and oxygen atoms in total. The SMILES string of the molecule is CCCOC(=O)c1ccc(NC(=O)CCCC(=O)OCC(=O)Nc2ccc(C(=O)OCC(C)C)cc2)cc1. The molecule has 0 aliphatic carbocycles. The first-order valence-electron chi connectivity index (χ1n) is 12.5. The highest BCUT2D eigenvalue weighted by atomic mass is 16.5. The lowest BCUT2D eigenvalue weighted by Gasteiger charge is -2.09. The topological polar surface area (TPSA) is 137 Å². The number of ether oxygens (including phenoxy) is 3. The lowest BCUT2D eigenvalue weighted by Crippen LogP contribution is -2.21. The Kier molecular flexibility index (Phi) is 12.5. The number of anilines is 2. The van der Waals surface area contributed by atoms with Gasteiger partial charge < -0.3 is 24.8 Å². The van der Waals surface area contributed by atoms with Crippen LogP contribution in [0, 0.1) is 5.92 Å². The summed E-state index contributed by atoms with van der Waals surface area (Å²) in [5.41, 5.74) is 1.71. The fraction of sp³-hybridized carbons (Fsp3) is 0.393. The molecule has 0 bridgehead atoms. The third kappa shape index (κ3) is 11.2. The van der Waals surface area contributed by atoms with Crippen LogP contribution in [0.5, 0.6) is 0 Å². The molecule has 2 aromatic rings. The van der Waals surface area contributed by atoms with Crippen LogP contribution in [0.2, 0.25) is 0 Å². The number of hydrogen-bond donors (Lipinski definition) is 2. The highest BCUT2D eigenvalue weighted by Gasteiger charge is 2.12. The monoisotopic (exact) mass is 526 g/mol. The minimum Gasteiger partial charge on any atom is -0.462 e. The molecule has 2 N–H and O–H groups in total. The van der Waals surface area contributed by atoms with Crippen LogP contribution >= 0.6 is 0 Å². The van der Waals surface area contributed by atoms with Crippen LogP contribution in [0.25, 0.3) is 0 Å². The minimum atomic E-state index is -0.605. The van der Waals surface area contributed by atoms with Crippen molar-refractivity contribution in [2.24, 2.45) is 5.92 Å². The first kappa shape index (κ1) is 30.0. The number of hydrogen-bond acceptors (Lipinski definition) is 8. The minimum absolute atomic E-state index is 0.0317. The molecule has 2 amide bonds. The van der Waals surface area contributed by atoms with E-state index < -0.39 is 30.4 Å². The molecule has 0 saturated heterocycles. The molecule has 2 rings (SSSR count). The summed E-state index contributed by atoms with van der Waals surface area (Å²) in [5.74, 6) is -2.08. The van der Waals surface area contributed by atoms with E-state index in [9.17, 15) is 24.0 Å². The van der Waals surface area contributed by atoms with E-state index in [1.165, 1.54) is 12.1 Å². The molecule has 0 saturated carbocycles. The van der Waals surface area contributed by atoms with Crippen LogP contribution in [-0.4, -0.2) is 49.5 Å². The van der Waals surface area contributed by atoms with E-state index in [0.717, 1.165) is 6.42 Å². The first-order valence-corrected chi connectivity index (χ1v) is 12.5. The number of benzene rings is 2. The number of carbonyl (C=O) groups is 5. The number of amides is 2. The van der Waals surface area contributed by atoms with Gasteiger partial charge in [0.2, 0.25) is 5.91 Å². The molecular weight excluding hydrogens is 492 g/mol. The molecule has 0 spiro atoms. The summed E-state index contributed by atoms with van der Waals surface area (Å²) >= 11 is 0. The molecule has 2 aromatic carbocycles. The van der Waals surface area contributed by atoms with Gasteiger partial charge in [0.05, 0.1) is 24.3 Å². The van der Waals surface area contributed by atoms with Gasteiger partial charge in [-0.05, 0) is 67.3 Å². The van der Waals surface area contributed by atoms with Gasteiger partial charge >= 0.3 is 17.9 Å². The van der Waals surface area contributed by atoms with Gasteiger partial charge in [0.15, 0.2) is 6.61 Å². The smallest absolute Gasteiger partial charge is 0.338 e. The molecule has 0 aliphatic heterocycles. The summed E-state index contributed by atoms with van der Waals surface area (Å²) in [6.07, 6.45) is 1.01. The zero-order valence-electron chi connectivity index (χ0n) is 21.9. The number of rotatable bonds is 14. The van der Waals surface area contributed by atoms with Gasteiger partial charge in [0, 0.05) is 24.2 Å². The quantitative estimate of drug-likeness (QED) is 0.274. The molecule has 10 heteroatoms. The van der Waals surface area contributed by atoms with Gasteiger partial charge in [-0.1, -0.05) is 20.8 Å². The van der Waals surface area contributed by atoms with E-state index in [2.05, 4.69) is 10.6 Å². The van der Waals surface area contributed by atoms with Crippen molar-refractivity contribution in [2.75, 3.05) is 30.5 Å². The van der Waals surface area contributed by atoms with Crippen molar-refractivity contribution in [2.45, 2.75) is 46.5 Å². The Morgan fingerprint density at radius 1 is 0.711 bits per heavy atom. The molecule has 0 atom stereocenters. The average Bonchev–Trinajstić information content (AvgIpc) is 2.90. The summed E-state index contributed by atoms with van der Waals surface area (Å²) in [5, 5.41) is 5.26. The lowest BCUT2D eigenvalue weighted by atomic mass is 10.2. The van der Waals surface area contributed by atoms with Crippen molar-refractivity contribution >= 4 is 41.1 Å². The zero-order chi connectivity index (χ0) is 27.9. The molecule has 204 valence electrons. The van der Waals surface area contributed by atoms with Crippen molar-refractivity contribution in [3.63, 3.8) is 0 Å². The summed E-state index contributed by atoms with van der Waals surface area (Å²) in [6, 6.07) is 12.5. The highest BCUT2D eigenvalue weighted by Crippen LogP contribution is 2.13. The van der Waals surface area contributed by atoms with E-state index in [0.29, 0.717) is 35.7 Å². The van der Waals surface area contributed by atoms with Crippen molar-refractivity contribution in [1.82, 2.24) is 0 Å². The maximum atomic E-state index is 12.1. The van der Waals surface area contributed by atoms with Crippen LogP contribution in [0.1, 0.15) is 67.2 Å². The second kappa shape index (κ2) is 15.8. The van der Waals surface area contributed by atoms with Gasteiger partial charge in [-0.3, -0.25) is 14.4 Å².